The van der Waals surface area contributed by atoms with Crippen molar-refractivity contribution in [3.63, 3.8) is 0 Å². The molecule has 0 fully saturated rings. The summed E-state index contributed by atoms with van der Waals surface area (Å²) in [6, 6.07) is 10.1. The van der Waals surface area contributed by atoms with Crippen molar-refractivity contribution in [2.75, 3.05) is 6.61 Å². The van der Waals surface area contributed by atoms with Crippen molar-refractivity contribution in [3.8, 4) is 16.9 Å². The van der Waals surface area contributed by atoms with Gasteiger partial charge in [0.05, 0.1) is 22.2 Å². The molecule has 2 rings (SSSR count). The molecular formula is C15H12Cl2O3. The molecule has 20 heavy (non-hydrogen) atoms. The van der Waals surface area contributed by atoms with Gasteiger partial charge in [-0.15, -0.1) is 0 Å². The smallest absolute Gasteiger partial charge is 0.337 e. The van der Waals surface area contributed by atoms with Crippen LogP contribution in [-0.2, 0) is 0 Å². The van der Waals surface area contributed by atoms with E-state index in [-0.39, 0.29) is 10.6 Å². The highest BCUT2D eigenvalue weighted by molar-refractivity contribution is 6.34. The minimum atomic E-state index is -1.07. The van der Waals surface area contributed by atoms with E-state index in [2.05, 4.69) is 0 Å². The summed E-state index contributed by atoms with van der Waals surface area (Å²) in [7, 11) is 0. The van der Waals surface area contributed by atoms with Crippen molar-refractivity contribution in [2.45, 2.75) is 6.92 Å². The maximum atomic E-state index is 11.1. The van der Waals surface area contributed by atoms with Gasteiger partial charge >= 0.3 is 5.97 Å². The van der Waals surface area contributed by atoms with Gasteiger partial charge < -0.3 is 9.84 Å². The van der Waals surface area contributed by atoms with Crippen LogP contribution >= 0.6 is 23.2 Å². The van der Waals surface area contributed by atoms with E-state index in [1.54, 1.807) is 30.3 Å². The predicted molar refractivity (Wildman–Crippen MR) is 80.0 cm³/mol. The van der Waals surface area contributed by atoms with Gasteiger partial charge in [0.15, 0.2) is 0 Å². The Morgan fingerprint density at radius 1 is 1.15 bits per heavy atom. The van der Waals surface area contributed by atoms with Crippen molar-refractivity contribution in [3.05, 3.63) is 52.0 Å². The molecule has 0 saturated carbocycles. The highest BCUT2D eigenvalue weighted by atomic mass is 35.5. The van der Waals surface area contributed by atoms with E-state index in [1.165, 1.54) is 6.07 Å². The van der Waals surface area contributed by atoms with Crippen LogP contribution in [0.25, 0.3) is 11.1 Å². The normalized spacial score (nSPS) is 10.3. The van der Waals surface area contributed by atoms with Gasteiger partial charge in [-0.2, -0.15) is 0 Å². The van der Waals surface area contributed by atoms with Gasteiger partial charge in [0.25, 0.3) is 0 Å². The molecular weight excluding hydrogens is 299 g/mol. The van der Waals surface area contributed by atoms with Gasteiger partial charge in [-0.3, -0.25) is 0 Å². The molecule has 0 amide bonds. The molecule has 2 aromatic rings. The molecule has 0 radical (unpaired) electrons. The fourth-order valence-corrected chi connectivity index (χ4v) is 2.32. The number of halogens is 2. The maximum absolute atomic E-state index is 11.1. The first-order chi connectivity index (χ1) is 9.52. The van der Waals surface area contributed by atoms with Crippen molar-refractivity contribution < 1.29 is 14.6 Å². The zero-order valence-corrected chi connectivity index (χ0v) is 12.2. The van der Waals surface area contributed by atoms with E-state index >= 15 is 0 Å². The number of aromatic carboxylic acids is 1. The number of benzene rings is 2. The number of carbonyl (C=O) groups is 1. The number of hydrogen-bond acceptors (Lipinski definition) is 2. The Kier molecular flexibility index (Phi) is 4.53. The predicted octanol–water partition coefficient (Wildman–Crippen LogP) is 4.76. The first-order valence-electron chi connectivity index (χ1n) is 5.98. The number of carboxylic acid groups (broad SMARTS) is 1. The summed E-state index contributed by atoms with van der Waals surface area (Å²) in [6.07, 6.45) is 0. The maximum Gasteiger partial charge on any atom is 0.337 e. The van der Waals surface area contributed by atoms with E-state index in [0.29, 0.717) is 22.9 Å². The van der Waals surface area contributed by atoms with Gasteiger partial charge in [-0.1, -0.05) is 29.3 Å². The third kappa shape index (κ3) is 3.06. The van der Waals surface area contributed by atoms with Gasteiger partial charge in [0, 0.05) is 5.56 Å². The minimum Gasteiger partial charge on any atom is -0.494 e. The zero-order chi connectivity index (χ0) is 14.7. The molecule has 0 heterocycles. The average molecular weight is 311 g/mol. The second-order valence-electron chi connectivity index (χ2n) is 4.07. The van der Waals surface area contributed by atoms with Crippen LogP contribution in [0, 0.1) is 0 Å². The summed E-state index contributed by atoms with van der Waals surface area (Å²) in [5.41, 5.74) is 1.48. The highest BCUT2D eigenvalue weighted by Gasteiger charge is 2.12. The molecule has 2 aromatic carbocycles. The fourth-order valence-electron chi connectivity index (χ4n) is 1.84. The molecule has 0 aromatic heterocycles. The zero-order valence-electron chi connectivity index (χ0n) is 10.7. The lowest BCUT2D eigenvalue weighted by molar-refractivity contribution is 0.0697. The molecule has 3 nitrogen and oxygen atoms in total. The van der Waals surface area contributed by atoms with Crippen LogP contribution in [0.15, 0.2) is 36.4 Å². The molecule has 104 valence electrons. The number of carboxylic acids is 1. The molecule has 0 bridgehead atoms. The SMILES string of the molecule is CCOc1ccc(-c2ccc(Cl)c(C(=O)O)c2)c(Cl)c1. The topological polar surface area (TPSA) is 46.5 Å². The molecule has 5 heteroatoms. The second-order valence-corrected chi connectivity index (χ2v) is 4.89. The minimum absolute atomic E-state index is 0.0501. The monoisotopic (exact) mass is 310 g/mol. The quantitative estimate of drug-likeness (QED) is 0.885. The molecule has 1 N–H and O–H groups in total. The van der Waals surface area contributed by atoms with Gasteiger partial charge in [-0.25, -0.2) is 4.79 Å². The van der Waals surface area contributed by atoms with E-state index in [0.717, 1.165) is 5.56 Å². The van der Waals surface area contributed by atoms with Crippen molar-refractivity contribution in [1.82, 2.24) is 0 Å². The van der Waals surface area contributed by atoms with Crippen molar-refractivity contribution in [2.24, 2.45) is 0 Å². The lowest BCUT2D eigenvalue weighted by atomic mass is 10.0. The third-order valence-corrected chi connectivity index (χ3v) is 3.40. The Morgan fingerprint density at radius 2 is 1.90 bits per heavy atom. The molecule has 0 unspecified atom stereocenters. The summed E-state index contributed by atoms with van der Waals surface area (Å²) in [6.45, 7) is 2.44. The van der Waals surface area contributed by atoms with Crippen LogP contribution in [0.5, 0.6) is 5.75 Å². The number of rotatable bonds is 4. The Balaban J connectivity index is 2.46. The van der Waals surface area contributed by atoms with Crippen LogP contribution in [0.3, 0.4) is 0 Å². The van der Waals surface area contributed by atoms with Crippen LogP contribution in [0.4, 0.5) is 0 Å². The summed E-state index contributed by atoms with van der Waals surface area (Å²) < 4.78 is 5.36. The largest absolute Gasteiger partial charge is 0.494 e. The van der Waals surface area contributed by atoms with E-state index in [9.17, 15) is 4.79 Å². The second kappa shape index (κ2) is 6.16. The van der Waals surface area contributed by atoms with Crippen LogP contribution in [0.2, 0.25) is 10.0 Å². The first-order valence-corrected chi connectivity index (χ1v) is 6.74. The van der Waals surface area contributed by atoms with Crippen LogP contribution in [0.1, 0.15) is 17.3 Å². The first kappa shape index (κ1) is 14.7. The standard InChI is InChI=1S/C15H12Cl2O3/c1-2-20-10-4-5-11(14(17)8-10)9-3-6-13(16)12(7-9)15(18)19/h3-8H,2H2,1H3,(H,18,19). The van der Waals surface area contributed by atoms with Gasteiger partial charge in [-0.05, 0) is 42.8 Å². The summed E-state index contributed by atoms with van der Waals surface area (Å²) in [5, 5.41) is 9.78. The molecule has 0 aliphatic carbocycles. The third-order valence-electron chi connectivity index (χ3n) is 2.76. The van der Waals surface area contributed by atoms with Crippen molar-refractivity contribution >= 4 is 29.2 Å². The van der Waals surface area contributed by atoms with Crippen molar-refractivity contribution in [1.29, 1.82) is 0 Å². The fraction of sp³-hybridized carbons (Fsp3) is 0.133. The lowest BCUT2D eigenvalue weighted by Crippen LogP contribution is -1.98. The molecule has 0 aliphatic rings. The van der Waals surface area contributed by atoms with Crippen LogP contribution < -0.4 is 4.74 Å². The number of hydrogen-bond donors (Lipinski definition) is 1. The summed E-state index contributed by atoms with van der Waals surface area (Å²) >= 11 is 12.1. The van der Waals surface area contributed by atoms with E-state index in [4.69, 9.17) is 33.0 Å². The summed E-state index contributed by atoms with van der Waals surface area (Å²) in [4.78, 5) is 11.1. The van der Waals surface area contributed by atoms with Gasteiger partial charge in [0.1, 0.15) is 5.75 Å². The Morgan fingerprint density at radius 3 is 2.50 bits per heavy atom. The molecule has 0 aliphatic heterocycles. The van der Waals surface area contributed by atoms with E-state index < -0.39 is 5.97 Å². The Labute approximate surface area is 126 Å². The summed E-state index contributed by atoms with van der Waals surface area (Å²) in [5.74, 6) is -0.396. The average Bonchev–Trinajstić information content (AvgIpc) is 2.40. The Hall–Kier alpha value is -1.71. The molecule has 0 atom stereocenters. The number of ether oxygens (including phenoxy) is 1. The lowest BCUT2D eigenvalue weighted by Gasteiger charge is -2.09. The van der Waals surface area contributed by atoms with Crippen LogP contribution in [-0.4, -0.2) is 17.7 Å². The van der Waals surface area contributed by atoms with E-state index in [1.807, 2.05) is 6.92 Å². The van der Waals surface area contributed by atoms with Gasteiger partial charge in [0.2, 0.25) is 0 Å². The molecule has 0 saturated heterocycles. The highest BCUT2D eigenvalue weighted by Crippen LogP contribution is 2.33. The Bertz CT molecular complexity index is 654. The molecule has 0 spiro atoms.